The first kappa shape index (κ1) is 17.2. The molecule has 0 saturated carbocycles. The second kappa shape index (κ2) is 7.53. The van der Waals surface area contributed by atoms with Crippen molar-refractivity contribution in [1.29, 1.82) is 0 Å². The highest BCUT2D eigenvalue weighted by Gasteiger charge is 2.29. The summed E-state index contributed by atoms with van der Waals surface area (Å²) < 4.78 is 37.8. The van der Waals surface area contributed by atoms with Crippen molar-refractivity contribution in [2.45, 2.75) is 12.1 Å². The fourth-order valence-electron chi connectivity index (χ4n) is 2.34. The molecule has 2 heterocycles. The number of aromatic nitrogens is 3. The molecule has 8 nitrogen and oxygen atoms in total. The van der Waals surface area contributed by atoms with Crippen LogP contribution in [0.2, 0.25) is 0 Å². The third kappa shape index (κ3) is 4.09. The molecule has 1 fully saturated rings. The highest BCUT2D eigenvalue weighted by Crippen LogP contribution is 2.18. The molecule has 0 spiro atoms. The zero-order valence-corrected chi connectivity index (χ0v) is 13.1. The van der Waals surface area contributed by atoms with Crippen LogP contribution in [0.5, 0.6) is 5.75 Å². The Kier molecular flexibility index (Phi) is 5.19. The number of hydrogen-bond acceptors (Lipinski definition) is 6. The average Bonchev–Trinajstić information content (AvgIpc) is 3.21. The molecule has 1 aromatic carbocycles. The first-order valence-corrected chi connectivity index (χ1v) is 7.58. The molecule has 1 aromatic heterocycles. The number of carbonyl (C=O) groups excluding carboxylic acids is 1. The Hall–Kier alpha value is -2.59. The largest absolute Gasteiger partial charge is 0.489 e. The van der Waals surface area contributed by atoms with Crippen LogP contribution in [-0.2, 0) is 4.74 Å². The Bertz CT molecular complexity index is 755. The lowest BCUT2D eigenvalue weighted by molar-refractivity contribution is 0.0941. The van der Waals surface area contributed by atoms with E-state index in [1.165, 1.54) is 16.9 Å². The molecule has 2 N–H and O–H groups in total. The molecular formula is C15H16F2N4O4. The summed E-state index contributed by atoms with van der Waals surface area (Å²) in [6, 6.07) is 2.59. The number of rotatable bonds is 6. The van der Waals surface area contributed by atoms with Gasteiger partial charge in [-0.15, -0.1) is 5.10 Å². The Morgan fingerprint density at radius 3 is 3.00 bits per heavy atom. The van der Waals surface area contributed by atoms with E-state index in [0.29, 0.717) is 12.7 Å². The normalized spacial score (nSPS) is 19.8. The summed E-state index contributed by atoms with van der Waals surface area (Å²) in [5.74, 6) is -2.09. The van der Waals surface area contributed by atoms with Gasteiger partial charge in [0.15, 0.2) is 17.3 Å². The maximum Gasteiger partial charge on any atom is 0.273 e. The van der Waals surface area contributed by atoms with Crippen LogP contribution < -0.4 is 10.1 Å². The number of carbonyl (C=O) groups is 1. The number of aliphatic hydroxyl groups is 1. The second-order valence-corrected chi connectivity index (χ2v) is 5.44. The van der Waals surface area contributed by atoms with Gasteiger partial charge < -0.3 is 19.9 Å². The van der Waals surface area contributed by atoms with Gasteiger partial charge in [0.2, 0.25) is 0 Å². The summed E-state index contributed by atoms with van der Waals surface area (Å²) in [6.07, 6.45) is 0.718. The van der Waals surface area contributed by atoms with Crippen LogP contribution in [0.1, 0.15) is 16.5 Å². The first-order chi connectivity index (χ1) is 12.0. The van der Waals surface area contributed by atoms with Crippen molar-refractivity contribution >= 4 is 5.91 Å². The lowest BCUT2D eigenvalue weighted by Crippen LogP contribution is -2.28. The van der Waals surface area contributed by atoms with Crippen LogP contribution in [0.4, 0.5) is 8.78 Å². The predicted octanol–water partition coefficient (Wildman–Crippen LogP) is 0.297. The summed E-state index contributed by atoms with van der Waals surface area (Å²) in [5.41, 5.74) is 0.0760. The van der Waals surface area contributed by atoms with E-state index in [2.05, 4.69) is 15.6 Å². The second-order valence-electron chi connectivity index (χ2n) is 5.44. The summed E-state index contributed by atoms with van der Waals surface area (Å²) in [4.78, 5) is 12.0. The van der Waals surface area contributed by atoms with Crippen molar-refractivity contribution in [3.8, 4) is 5.75 Å². The van der Waals surface area contributed by atoms with Gasteiger partial charge in [0.05, 0.1) is 26.0 Å². The number of hydrogen-bond donors (Lipinski definition) is 2. The van der Waals surface area contributed by atoms with E-state index in [1.54, 1.807) is 0 Å². The minimum Gasteiger partial charge on any atom is -0.489 e. The van der Waals surface area contributed by atoms with Crippen LogP contribution >= 0.6 is 0 Å². The zero-order valence-electron chi connectivity index (χ0n) is 13.1. The minimum atomic E-state index is -0.813. The Labute approximate surface area is 141 Å². The highest BCUT2D eigenvalue weighted by atomic mass is 19.1. The summed E-state index contributed by atoms with van der Waals surface area (Å²) in [7, 11) is 0. The SMILES string of the molecule is O=C(NCCOc1ccc(F)cc1F)c1cn([C@@H]2COC[C@H]2O)nn1. The molecule has 25 heavy (non-hydrogen) atoms. The molecule has 0 aliphatic carbocycles. The number of nitrogens with zero attached hydrogens (tertiary/aromatic N) is 3. The lowest BCUT2D eigenvalue weighted by atomic mass is 10.2. The molecule has 1 saturated heterocycles. The minimum absolute atomic E-state index is 0.00237. The molecule has 1 aliphatic heterocycles. The lowest BCUT2D eigenvalue weighted by Gasteiger charge is -2.10. The molecule has 10 heteroatoms. The van der Waals surface area contributed by atoms with Gasteiger partial charge in [-0.25, -0.2) is 13.5 Å². The van der Waals surface area contributed by atoms with Crippen molar-refractivity contribution in [2.24, 2.45) is 0 Å². The van der Waals surface area contributed by atoms with Gasteiger partial charge in [0.1, 0.15) is 24.6 Å². The van der Waals surface area contributed by atoms with Crippen molar-refractivity contribution in [2.75, 3.05) is 26.4 Å². The molecule has 0 radical (unpaired) electrons. The summed E-state index contributed by atoms with van der Waals surface area (Å²) >= 11 is 0. The molecule has 0 bridgehead atoms. The van der Waals surface area contributed by atoms with Gasteiger partial charge in [0.25, 0.3) is 5.91 Å². The Morgan fingerprint density at radius 1 is 1.44 bits per heavy atom. The highest BCUT2D eigenvalue weighted by molar-refractivity contribution is 5.91. The van der Waals surface area contributed by atoms with E-state index < -0.39 is 23.6 Å². The van der Waals surface area contributed by atoms with E-state index in [-0.39, 0.29) is 37.2 Å². The monoisotopic (exact) mass is 354 g/mol. The third-order valence-electron chi connectivity index (χ3n) is 3.64. The van der Waals surface area contributed by atoms with Gasteiger partial charge >= 0.3 is 0 Å². The topological polar surface area (TPSA) is 98.5 Å². The number of amides is 1. The Morgan fingerprint density at radius 2 is 2.28 bits per heavy atom. The quantitative estimate of drug-likeness (QED) is 0.724. The zero-order chi connectivity index (χ0) is 17.8. The smallest absolute Gasteiger partial charge is 0.273 e. The predicted molar refractivity (Wildman–Crippen MR) is 80.1 cm³/mol. The van der Waals surface area contributed by atoms with E-state index in [0.717, 1.165) is 6.07 Å². The van der Waals surface area contributed by atoms with Crippen LogP contribution in [0, 0.1) is 11.6 Å². The van der Waals surface area contributed by atoms with Crippen LogP contribution in [-0.4, -0.2) is 58.5 Å². The molecule has 1 aliphatic rings. The Balaban J connectivity index is 1.47. The number of benzene rings is 1. The van der Waals surface area contributed by atoms with E-state index in [9.17, 15) is 18.7 Å². The molecule has 134 valence electrons. The van der Waals surface area contributed by atoms with Crippen molar-refractivity contribution in [3.05, 3.63) is 41.7 Å². The average molecular weight is 354 g/mol. The fourth-order valence-corrected chi connectivity index (χ4v) is 2.34. The van der Waals surface area contributed by atoms with Crippen molar-refractivity contribution < 1.29 is 28.2 Å². The third-order valence-corrected chi connectivity index (χ3v) is 3.64. The number of halogens is 2. The fraction of sp³-hybridized carbons (Fsp3) is 0.400. The van der Waals surface area contributed by atoms with E-state index in [1.807, 2.05) is 0 Å². The van der Waals surface area contributed by atoms with Gasteiger partial charge in [0, 0.05) is 6.07 Å². The molecule has 3 rings (SSSR count). The molecular weight excluding hydrogens is 338 g/mol. The van der Waals surface area contributed by atoms with Crippen LogP contribution in [0.15, 0.2) is 24.4 Å². The maximum atomic E-state index is 13.4. The van der Waals surface area contributed by atoms with Crippen LogP contribution in [0.25, 0.3) is 0 Å². The standard InChI is InChI=1S/C15H16F2N4O4/c16-9-1-2-14(10(17)5-9)25-4-3-18-15(23)11-6-21(20-19-11)12-7-24-8-13(12)22/h1-2,5-6,12-13,22H,3-4,7-8H2,(H,18,23)/t12-,13-/m1/s1. The molecule has 2 aromatic rings. The van der Waals surface area contributed by atoms with Gasteiger partial charge in [-0.1, -0.05) is 5.21 Å². The maximum absolute atomic E-state index is 13.4. The van der Waals surface area contributed by atoms with E-state index in [4.69, 9.17) is 9.47 Å². The van der Waals surface area contributed by atoms with Crippen LogP contribution in [0.3, 0.4) is 0 Å². The summed E-state index contributed by atoms with van der Waals surface area (Å²) in [6.45, 7) is 0.598. The number of nitrogens with one attached hydrogen (secondary N) is 1. The van der Waals surface area contributed by atoms with Gasteiger partial charge in [-0.3, -0.25) is 4.79 Å². The van der Waals surface area contributed by atoms with Crippen molar-refractivity contribution in [1.82, 2.24) is 20.3 Å². The summed E-state index contributed by atoms with van der Waals surface area (Å²) in [5, 5.41) is 19.8. The number of aliphatic hydroxyl groups excluding tert-OH is 1. The van der Waals surface area contributed by atoms with Gasteiger partial charge in [-0.2, -0.15) is 0 Å². The molecule has 1 amide bonds. The van der Waals surface area contributed by atoms with Gasteiger partial charge in [-0.05, 0) is 12.1 Å². The van der Waals surface area contributed by atoms with Crippen molar-refractivity contribution in [3.63, 3.8) is 0 Å². The molecule has 2 atom stereocenters. The first-order valence-electron chi connectivity index (χ1n) is 7.58. The van der Waals surface area contributed by atoms with E-state index >= 15 is 0 Å². The number of ether oxygens (including phenoxy) is 2. The molecule has 0 unspecified atom stereocenters.